The van der Waals surface area contributed by atoms with Gasteiger partial charge in [0.25, 0.3) is 0 Å². The van der Waals surface area contributed by atoms with Crippen LogP contribution < -0.4 is 15.4 Å². The van der Waals surface area contributed by atoms with Gasteiger partial charge in [-0.1, -0.05) is 12.1 Å². The van der Waals surface area contributed by atoms with Gasteiger partial charge < -0.3 is 19.8 Å². The standard InChI is InChI=1S/C19H24N6O2.HI/c1-13-6-4-7-15(10-13)27-14(2)11-21-19(20-3)22-12-17-23-18(25-24-17)16-8-5-9-26-16;/h4-10,14H,11-12H2,1-3H3,(H2,20,21,22)(H,23,24,25);1H. The van der Waals surface area contributed by atoms with Crippen molar-refractivity contribution < 1.29 is 9.15 Å². The molecule has 0 spiro atoms. The highest BCUT2D eigenvalue weighted by atomic mass is 127. The average molecular weight is 496 g/mol. The SMILES string of the molecule is CN=C(NCc1nc(-c2ccco2)n[nH]1)NCC(C)Oc1cccc(C)c1.I. The number of benzene rings is 1. The van der Waals surface area contributed by atoms with E-state index in [1.807, 2.05) is 44.2 Å². The molecule has 0 amide bonds. The summed E-state index contributed by atoms with van der Waals surface area (Å²) in [5.74, 6) is 3.36. The molecule has 2 heterocycles. The fraction of sp³-hybridized carbons (Fsp3) is 0.316. The minimum Gasteiger partial charge on any atom is -0.489 e. The summed E-state index contributed by atoms with van der Waals surface area (Å²) < 4.78 is 11.2. The summed E-state index contributed by atoms with van der Waals surface area (Å²) in [5, 5.41) is 13.5. The number of aryl methyl sites for hydroxylation is 1. The molecule has 0 saturated heterocycles. The number of rotatable bonds is 7. The average Bonchev–Trinajstić information content (AvgIpc) is 3.33. The molecule has 3 N–H and O–H groups in total. The highest BCUT2D eigenvalue weighted by Crippen LogP contribution is 2.15. The van der Waals surface area contributed by atoms with Gasteiger partial charge in [0, 0.05) is 7.05 Å². The maximum Gasteiger partial charge on any atom is 0.216 e. The van der Waals surface area contributed by atoms with Crippen LogP contribution in [0.25, 0.3) is 11.6 Å². The zero-order chi connectivity index (χ0) is 19.1. The van der Waals surface area contributed by atoms with Crippen molar-refractivity contribution in [1.29, 1.82) is 0 Å². The molecule has 0 saturated carbocycles. The Bertz CT molecular complexity index is 878. The molecule has 9 heteroatoms. The summed E-state index contributed by atoms with van der Waals surface area (Å²) in [4.78, 5) is 8.60. The minimum atomic E-state index is -0.0128. The zero-order valence-corrected chi connectivity index (χ0v) is 18.4. The largest absolute Gasteiger partial charge is 0.489 e. The molecule has 3 aromatic rings. The van der Waals surface area contributed by atoms with Gasteiger partial charge in [-0.3, -0.25) is 10.1 Å². The first kappa shape index (κ1) is 21.7. The fourth-order valence-electron chi connectivity index (χ4n) is 2.48. The van der Waals surface area contributed by atoms with Crippen molar-refractivity contribution in [2.75, 3.05) is 13.6 Å². The summed E-state index contributed by atoms with van der Waals surface area (Å²) in [7, 11) is 1.72. The fourth-order valence-corrected chi connectivity index (χ4v) is 2.48. The molecule has 0 fully saturated rings. The highest BCUT2D eigenvalue weighted by molar-refractivity contribution is 14.0. The Morgan fingerprint density at radius 2 is 2.14 bits per heavy atom. The molecule has 28 heavy (non-hydrogen) atoms. The number of furan rings is 1. The number of H-pyrrole nitrogens is 1. The second-order valence-electron chi connectivity index (χ2n) is 6.13. The van der Waals surface area contributed by atoms with Gasteiger partial charge >= 0.3 is 0 Å². The Morgan fingerprint density at radius 1 is 1.29 bits per heavy atom. The third-order valence-electron chi connectivity index (χ3n) is 3.80. The van der Waals surface area contributed by atoms with Crippen molar-refractivity contribution in [1.82, 2.24) is 25.8 Å². The molecule has 0 bridgehead atoms. The van der Waals surface area contributed by atoms with Crippen molar-refractivity contribution in [2.45, 2.75) is 26.5 Å². The second kappa shape index (κ2) is 10.7. The molecule has 3 rings (SSSR count). The number of halogens is 1. The van der Waals surface area contributed by atoms with Crippen molar-refractivity contribution in [3.05, 3.63) is 54.0 Å². The Balaban J connectivity index is 0.00000280. The van der Waals surface area contributed by atoms with E-state index in [0.717, 1.165) is 5.75 Å². The molecule has 0 aliphatic rings. The first-order valence-electron chi connectivity index (χ1n) is 8.77. The van der Waals surface area contributed by atoms with Crippen LogP contribution in [0.15, 0.2) is 52.1 Å². The summed E-state index contributed by atoms with van der Waals surface area (Å²) >= 11 is 0. The van der Waals surface area contributed by atoms with E-state index in [2.05, 4.69) is 30.8 Å². The van der Waals surface area contributed by atoms with Crippen LogP contribution >= 0.6 is 24.0 Å². The molecule has 1 unspecified atom stereocenters. The summed E-state index contributed by atoms with van der Waals surface area (Å²) in [6, 6.07) is 11.6. The van der Waals surface area contributed by atoms with Gasteiger partial charge in [-0.15, -0.1) is 29.1 Å². The Kier molecular flexibility index (Phi) is 8.30. The molecule has 0 radical (unpaired) electrons. The number of aliphatic imine (C=N–C) groups is 1. The van der Waals surface area contributed by atoms with Crippen LogP contribution in [0.5, 0.6) is 5.75 Å². The molecule has 1 atom stereocenters. The third kappa shape index (κ3) is 6.25. The monoisotopic (exact) mass is 496 g/mol. The Hall–Kier alpha value is -2.56. The lowest BCUT2D eigenvalue weighted by Gasteiger charge is -2.17. The lowest BCUT2D eigenvalue weighted by atomic mass is 10.2. The predicted molar refractivity (Wildman–Crippen MR) is 119 cm³/mol. The van der Waals surface area contributed by atoms with Gasteiger partial charge in [0.1, 0.15) is 17.7 Å². The highest BCUT2D eigenvalue weighted by Gasteiger charge is 2.09. The Morgan fingerprint density at radius 3 is 2.86 bits per heavy atom. The van der Waals surface area contributed by atoms with Crippen LogP contribution in [0.2, 0.25) is 0 Å². The number of aromatic amines is 1. The van der Waals surface area contributed by atoms with Crippen molar-refractivity contribution in [3.8, 4) is 17.3 Å². The van der Waals surface area contributed by atoms with Gasteiger partial charge in [-0.2, -0.15) is 0 Å². The first-order valence-corrected chi connectivity index (χ1v) is 8.77. The maximum absolute atomic E-state index is 5.91. The van der Waals surface area contributed by atoms with E-state index in [1.54, 1.807) is 19.4 Å². The summed E-state index contributed by atoms with van der Waals surface area (Å²) in [5.41, 5.74) is 1.17. The summed E-state index contributed by atoms with van der Waals surface area (Å²) in [6.07, 6.45) is 1.58. The smallest absolute Gasteiger partial charge is 0.216 e. The normalized spacial score (nSPS) is 12.2. The van der Waals surface area contributed by atoms with E-state index in [4.69, 9.17) is 9.15 Å². The van der Waals surface area contributed by atoms with E-state index in [1.165, 1.54) is 5.56 Å². The molecular formula is C19H25IN6O2. The Labute approximate surface area is 181 Å². The van der Waals surface area contributed by atoms with Crippen molar-refractivity contribution in [2.24, 2.45) is 4.99 Å². The number of nitrogens with one attached hydrogen (secondary N) is 3. The molecule has 150 valence electrons. The second-order valence-corrected chi connectivity index (χ2v) is 6.13. The van der Waals surface area contributed by atoms with Crippen LogP contribution in [0.1, 0.15) is 18.3 Å². The van der Waals surface area contributed by atoms with Gasteiger partial charge in [0.15, 0.2) is 11.7 Å². The first-order chi connectivity index (χ1) is 13.1. The number of aromatic nitrogens is 3. The quantitative estimate of drug-likeness (QED) is 0.264. The van der Waals surface area contributed by atoms with Gasteiger partial charge in [-0.05, 0) is 43.7 Å². The molecule has 0 aliphatic carbocycles. The molecule has 0 aliphatic heterocycles. The van der Waals surface area contributed by atoms with E-state index in [-0.39, 0.29) is 30.1 Å². The minimum absolute atomic E-state index is 0. The molecular weight excluding hydrogens is 471 g/mol. The van der Waals surface area contributed by atoms with Crippen LogP contribution in [-0.2, 0) is 6.54 Å². The van der Waals surface area contributed by atoms with Crippen molar-refractivity contribution >= 4 is 29.9 Å². The maximum atomic E-state index is 5.91. The van der Waals surface area contributed by atoms with Crippen molar-refractivity contribution in [3.63, 3.8) is 0 Å². The lowest BCUT2D eigenvalue weighted by Crippen LogP contribution is -2.41. The van der Waals surface area contributed by atoms with E-state index < -0.39 is 0 Å². The number of hydrogen-bond donors (Lipinski definition) is 3. The number of ether oxygens (including phenoxy) is 1. The number of nitrogens with zero attached hydrogens (tertiary/aromatic N) is 3. The topological polar surface area (TPSA) is 100 Å². The number of guanidine groups is 1. The van der Waals surface area contributed by atoms with Crippen LogP contribution in [-0.4, -0.2) is 40.8 Å². The zero-order valence-electron chi connectivity index (χ0n) is 16.1. The number of hydrogen-bond acceptors (Lipinski definition) is 5. The summed E-state index contributed by atoms with van der Waals surface area (Å²) in [6.45, 7) is 5.12. The van der Waals surface area contributed by atoms with Gasteiger partial charge in [0.05, 0.1) is 19.4 Å². The van der Waals surface area contributed by atoms with E-state index in [0.29, 0.717) is 36.5 Å². The molecule has 8 nitrogen and oxygen atoms in total. The van der Waals surface area contributed by atoms with Gasteiger partial charge in [-0.25, -0.2) is 4.98 Å². The molecule has 1 aromatic carbocycles. The molecule has 2 aromatic heterocycles. The van der Waals surface area contributed by atoms with Crippen LogP contribution in [0.3, 0.4) is 0 Å². The van der Waals surface area contributed by atoms with Crippen LogP contribution in [0.4, 0.5) is 0 Å². The van der Waals surface area contributed by atoms with E-state index in [9.17, 15) is 0 Å². The van der Waals surface area contributed by atoms with Crippen LogP contribution in [0, 0.1) is 6.92 Å². The predicted octanol–water partition coefficient (Wildman–Crippen LogP) is 3.12. The third-order valence-corrected chi connectivity index (χ3v) is 3.80. The van der Waals surface area contributed by atoms with E-state index >= 15 is 0 Å². The van der Waals surface area contributed by atoms with Gasteiger partial charge in [0.2, 0.25) is 5.82 Å². The lowest BCUT2D eigenvalue weighted by molar-refractivity contribution is 0.223.